The van der Waals surface area contributed by atoms with E-state index >= 15 is 0 Å². The molecule has 0 bridgehead atoms. The van der Waals surface area contributed by atoms with Crippen LogP contribution in [0.15, 0.2) is 18.2 Å². The van der Waals surface area contributed by atoms with Gasteiger partial charge in [-0.3, -0.25) is 87.1 Å². The first-order valence-electron chi connectivity index (χ1n) is 27.8. The van der Waals surface area contributed by atoms with E-state index in [0.717, 1.165) is 29.5 Å². The third-order valence-corrected chi connectivity index (χ3v) is 14.2. The first kappa shape index (κ1) is 69.4. The number of nitrogens with zero attached hydrogens (tertiary/aromatic N) is 8. The van der Waals surface area contributed by atoms with E-state index in [9.17, 15) is 78.6 Å². The topological polar surface area (TPSA) is 366 Å². The summed E-state index contributed by atoms with van der Waals surface area (Å²) in [6, 6.07) is 4.45. The smallest absolute Gasteiger partial charge is 0.317 e. The molecule has 0 saturated carbocycles. The van der Waals surface area contributed by atoms with E-state index in [1.54, 1.807) is 43.2 Å². The first-order chi connectivity index (χ1) is 39.0. The Bertz CT molecular complexity index is 2110. The molecule has 28 nitrogen and oxygen atoms in total. The number of rotatable bonds is 30. The molecule has 82 heavy (non-hydrogen) atoms. The fraction of sp³-hybridized carbons (Fsp3) is 0.667. The molecule has 2 unspecified atom stereocenters. The van der Waals surface area contributed by atoms with Crippen molar-refractivity contribution < 1.29 is 78.6 Å². The molecular formula is C54H86N12O16. The number of unbranched alkanes of at least 4 members (excludes halogenated alkanes) is 2. The van der Waals surface area contributed by atoms with Gasteiger partial charge in [0.1, 0.15) is 0 Å². The Labute approximate surface area is 479 Å². The molecule has 28 heteroatoms. The summed E-state index contributed by atoms with van der Waals surface area (Å²) >= 11 is 0. The summed E-state index contributed by atoms with van der Waals surface area (Å²) in [7, 11) is 0. The van der Waals surface area contributed by atoms with Crippen LogP contribution in [-0.4, -0.2) is 312 Å². The standard InChI is InChI=1S/C54H86N12O16/c1-4-42-29-43(9-5-7-11-55-45(67)32-57-53(81)40(2)65-25-21-61(36-49(73)74)17-13-59(34-47(69)70)14-18-62(22-26-65)37-50(75)76)31-44(30-42)10-6-8-12-56-46(68)33-58-54(82)41(3)66-27-23-63(38-51(77)78)19-15-60(35-48(71)72)16-20-64(24-28-66)39-52(79)80/h1,29-31,40-41H,5-28,32-39H2,2-3H3,(H,55,67)(H,56,68)(H,57,81)(H,58,82)(H,69,70)(H,71,72)(H,73,74)(H,75,76)(H,77,78)(H,79,80). The van der Waals surface area contributed by atoms with Crippen LogP contribution in [-0.2, 0) is 60.8 Å². The van der Waals surface area contributed by atoms with Crippen LogP contribution < -0.4 is 21.3 Å². The molecule has 458 valence electrons. The molecule has 4 amide bonds. The lowest BCUT2D eigenvalue weighted by Crippen LogP contribution is -2.53. The van der Waals surface area contributed by atoms with Crippen molar-refractivity contribution in [3.63, 3.8) is 0 Å². The molecule has 1 aromatic carbocycles. The Balaban J connectivity index is 1.42. The largest absolute Gasteiger partial charge is 0.480 e. The minimum Gasteiger partial charge on any atom is -0.480 e. The van der Waals surface area contributed by atoms with Gasteiger partial charge in [-0.1, -0.05) is 12.0 Å². The number of benzene rings is 1. The van der Waals surface area contributed by atoms with Gasteiger partial charge in [0, 0.05) is 123 Å². The maximum atomic E-state index is 13.4. The average molecular weight is 1160 g/mol. The molecule has 2 aliphatic rings. The molecule has 0 radical (unpaired) electrons. The normalized spacial score (nSPS) is 17.7. The Hall–Kier alpha value is -6.84. The maximum absolute atomic E-state index is 13.4. The molecule has 0 aromatic heterocycles. The SMILES string of the molecule is C#Cc1cc(CCCCNC(=O)CNC(=O)C(C)N2CCN(CC(=O)O)CCN(CC(=O)O)CCN(CC(=O)O)CC2)cc(CCCCNC(=O)CNC(=O)C(C)N2CCN(CC(=O)O)CCN(CC(=O)O)CCN(CC(=O)O)CC2)c1. The zero-order chi connectivity index (χ0) is 60.6. The van der Waals surface area contributed by atoms with Gasteiger partial charge in [-0.2, -0.15) is 0 Å². The van der Waals surface area contributed by atoms with Crippen molar-refractivity contribution in [1.82, 2.24) is 60.5 Å². The highest BCUT2D eigenvalue weighted by molar-refractivity contribution is 5.88. The van der Waals surface area contributed by atoms with Crippen LogP contribution >= 0.6 is 0 Å². The van der Waals surface area contributed by atoms with E-state index < -0.39 is 59.7 Å². The molecule has 0 spiro atoms. The van der Waals surface area contributed by atoms with Gasteiger partial charge in [0.2, 0.25) is 23.6 Å². The van der Waals surface area contributed by atoms with Crippen molar-refractivity contribution in [1.29, 1.82) is 0 Å². The van der Waals surface area contributed by atoms with Crippen molar-refractivity contribution in [2.75, 3.05) is 170 Å². The van der Waals surface area contributed by atoms with Crippen LogP contribution in [0.1, 0.15) is 56.2 Å². The zero-order valence-corrected chi connectivity index (χ0v) is 47.4. The third-order valence-electron chi connectivity index (χ3n) is 14.2. The van der Waals surface area contributed by atoms with Gasteiger partial charge in [0.05, 0.1) is 64.4 Å². The van der Waals surface area contributed by atoms with E-state index in [0.29, 0.717) is 38.8 Å². The monoisotopic (exact) mass is 1160 g/mol. The molecule has 3 rings (SSSR count). The minimum atomic E-state index is -1.06. The van der Waals surface area contributed by atoms with E-state index in [4.69, 9.17) is 6.42 Å². The Morgan fingerprint density at radius 2 is 0.671 bits per heavy atom. The summed E-state index contributed by atoms with van der Waals surface area (Å²) < 4.78 is 0. The highest BCUT2D eigenvalue weighted by Gasteiger charge is 2.28. The number of carbonyl (C=O) groups is 10. The maximum Gasteiger partial charge on any atom is 0.317 e. The molecule has 2 aliphatic heterocycles. The lowest BCUT2D eigenvalue weighted by Gasteiger charge is -2.35. The number of hydrogen-bond acceptors (Lipinski definition) is 18. The van der Waals surface area contributed by atoms with Gasteiger partial charge in [-0.25, -0.2) is 0 Å². The summed E-state index contributed by atoms with van der Waals surface area (Å²) in [5.74, 6) is -5.31. The number of carboxylic acids is 6. The van der Waals surface area contributed by atoms with Gasteiger partial charge in [0.15, 0.2) is 0 Å². The number of aryl methyl sites for hydroxylation is 2. The fourth-order valence-electron chi connectivity index (χ4n) is 9.56. The van der Waals surface area contributed by atoms with Crippen LogP contribution in [0, 0.1) is 12.3 Å². The summed E-state index contributed by atoms with van der Waals surface area (Å²) in [5, 5.41) is 67.9. The van der Waals surface area contributed by atoms with E-state index in [-0.39, 0.29) is 169 Å². The highest BCUT2D eigenvalue weighted by atomic mass is 16.4. The van der Waals surface area contributed by atoms with Gasteiger partial charge in [-0.05, 0) is 75.6 Å². The molecule has 2 fully saturated rings. The summed E-state index contributed by atoms with van der Waals surface area (Å²) in [6.45, 7) is 5.57. The van der Waals surface area contributed by atoms with Gasteiger partial charge >= 0.3 is 35.8 Å². The molecule has 0 aliphatic carbocycles. The number of carboxylic acid groups (broad SMARTS) is 6. The number of amides is 4. The summed E-state index contributed by atoms with van der Waals surface area (Å²) in [6.07, 6.45) is 9.92. The van der Waals surface area contributed by atoms with Crippen LogP contribution in [0.25, 0.3) is 0 Å². The molecule has 1 aromatic rings. The summed E-state index contributed by atoms with van der Waals surface area (Å²) in [4.78, 5) is 135. The lowest BCUT2D eigenvalue weighted by molar-refractivity contribution is -0.141. The van der Waals surface area contributed by atoms with Gasteiger partial charge in [-0.15, -0.1) is 6.42 Å². The van der Waals surface area contributed by atoms with Crippen molar-refractivity contribution >= 4 is 59.4 Å². The van der Waals surface area contributed by atoms with E-state index in [1.807, 2.05) is 21.9 Å². The summed E-state index contributed by atoms with van der Waals surface area (Å²) in [5.41, 5.74) is 2.79. The van der Waals surface area contributed by atoms with Crippen LogP contribution in [0.4, 0.5) is 0 Å². The Morgan fingerprint density at radius 3 is 0.915 bits per heavy atom. The Kier molecular flexibility index (Phi) is 32.2. The second kappa shape index (κ2) is 38.0. The van der Waals surface area contributed by atoms with Crippen molar-refractivity contribution in [3.8, 4) is 12.3 Å². The number of aliphatic carboxylic acids is 6. The molecule has 10 N–H and O–H groups in total. The van der Waals surface area contributed by atoms with Crippen LogP contribution in [0.5, 0.6) is 0 Å². The van der Waals surface area contributed by atoms with E-state index in [1.165, 1.54) is 0 Å². The molecule has 2 heterocycles. The van der Waals surface area contributed by atoms with Crippen LogP contribution in [0.3, 0.4) is 0 Å². The first-order valence-corrected chi connectivity index (χ1v) is 27.8. The van der Waals surface area contributed by atoms with Crippen molar-refractivity contribution in [3.05, 3.63) is 34.9 Å². The van der Waals surface area contributed by atoms with Crippen molar-refractivity contribution in [2.24, 2.45) is 0 Å². The van der Waals surface area contributed by atoms with Crippen molar-refractivity contribution in [2.45, 2.75) is 64.5 Å². The zero-order valence-electron chi connectivity index (χ0n) is 47.4. The highest BCUT2D eigenvalue weighted by Crippen LogP contribution is 2.15. The second-order valence-electron chi connectivity index (χ2n) is 20.7. The molecular weight excluding hydrogens is 1070 g/mol. The Morgan fingerprint density at radius 1 is 0.415 bits per heavy atom. The minimum absolute atomic E-state index is 0.237. The van der Waals surface area contributed by atoms with E-state index in [2.05, 4.69) is 33.3 Å². The average Bonchev–Trinajstić information content (AvgIpc) is 3.43. The lowest BCUT2D eigenvalue weighted by atomic mass is 9.98. The number of nitrogens with one attached hydrogen (secondary N) is 4. The van der Waals surface area contributed by atoms with Gasteiger partial charge < -0.3 is 51.9 Å². The molecule has 2 atom stereocenters. The quantitative estimate of drug-likeness (QED) is 0.0264. The third kappa shape index (κ3) is 29.7. The predicted molar refractivity (Wildman–Crippen MR) is 299 cm³/mol. The van der Waals surface area contributed by atoms with Gasteiger partial charge in [0.25, 0.3) is 0 Å². The fourth-order valence-corrected chi connectivity index (χ4v) is 9.56. The van der Waals surface area contributed by atoms with Crippen LogP contribution in [0.2, 0.25) is 0 Å². The number of carbonyl (C=O) groups excluding carboxylic acids is 4. The second-order valence-corrected chi connectivity index (χ2v) is 20.7. The predicted octanol–water partition coefficient (Wildman–Crippen LogP) is -3.49. The molecule has 2 saturated heterocycles. The number of hydrogen-bond donors (Lipinski definition) is 10. The number of terminal acetylenes is 1.